The number of fused-ring (bicyclic) bond motifs is 3. The van der Waals surface area contributed by atoms with Gasteiger partial charge >= 0.3 is 5.97 Å². The highest BCUT2D eigenvalue weighted by Gasteiger charge is 2.48. The van der Waals surface area contributed by atoms with Gasteiger partial charge in [-0.1, -0.05) is 78.9 Å². The van der Waals surface area contributed by atoms with Crippen LogP contribution in [0.15, 0.2) is 91.0 Å². The zero-order chi connectivity index (χ0) is 21.8. The van der Waals surface area contributed by atoms with E-state index in [-0.39, 0.29) is 12.1 Å². The van der Waals surface area contributed by atoms with Crippen LogP contribution in [0.4, 0.5) is 5.69 Å². The molecule has 3 aliphatic rings. The number of quaternary nitrogens is 1. The fourth-order valence-electron chi connectivity index (χ4n) is 5.39. The quantitative estimate of drug-likeness (QED) is 0.416. The molecule has 6 rings (SSSR count). The minimum atomic E-state index is -0.517. The van der Waals surface area contributed by atoms with E-state index < -0.39 is 6.04 Å². The maximum absolute atomic E-state index is 13.5. The third-order valence-electron chi connectivity index (χ3n) is 7.12. The van der Waals surface area contributed by atoms with Crippen molar-refractivity contribution < 1.29 is 14.0 Å². The number of anilines is 1. The number of hydrogen-bond acceptors (Lipinski definition) is 3. The molecule has 3 aliphatic heterocycles. The number of hydrogen-bond donors (Lipinski definition) is 1. The molecule has 4 nitrogen and oxygen atoms in total. The molecule has 164 valence electrons. The maximum Gasteiger partial charge on any atom is 0.333 e. The molecular weight excluding hydrogens is 396 g/mol. The molecule has 3 saturated heterocycles. The molecule has 3 aromatic carbocycles. The van der Waals surface area contributed by atoms with Crippen LogP contribution in [-0.2, 0) is 16.1 Å². The van der Waals surface area contributed by atoms with E-state index in [1.165, 1.54) is 18.7 Å². The van der Waals surface area contributed by atoms with Crippen LogP contribution in [-0.4, -0.2) is 36.2 Å². The standard InChI is InChI=1S/C28H31N2O2/c31-28(27(24-12-6-2-7-13-24)29-25-14-8-3-9-15-25)32-26-21-30(18-16-23(26)17-19-30)20-22-10-4-1-5-11-22/h1-15,23,26-27,29H,16-21H2/q+1/t23?,26-,27?,30?/m0/s1. The molecular formula is C28H31N2O2+. The molecule has 3 aromatic rings. The van der Waals surface area contributed by atoms with E-state index in [9.17, 15) is 4.79 Å². The summed E-state index contributed by atoms with van der Waals surface area (Å²) in [6.07, 6.45) is 2.25. The predicted octanol–water partition coefficient (Wildman–Crippen LogP) is 5.19. The zero-order valence-corrected chi connectivity index (χ0v) is 18.4. The molecule has 1 N–H and O–H groups in total. The Hall–Kier alpha value is -3.11. The number of nitrogens with one attached hydrogen (secondary N) is 1. The third kappa shape index (κ3) is 4.56. The number of carbonyl (C=O) groups is 1. The summed E-state index contributed by atoms with van der Waals surface area (Å²) in [6, 6.07) is 30.0. The van der Waals surface area contributed by atoms with Crippen molar-refractivity contribution in [1.82, 2.24) is 0 Å². The van der Waals surface area contributed by atoms with Gasteiger partial charge in [-0.2, -0.15) is 0 Å². The third-order valence-corrected chi connectivity index (χ3v) is 7.12. The molecule has 0 aromatic heterocycles. The molecule has 32 heavy (non-hydrogen) atoms. The molecule has 3 heterocycles. The fourth-order valence-corrected chi connectivity index (χ4v) is 5.39. The molecule has 0 saturated carbocycles. The van der Waals surface area contributed by atoms with E-state index in [1.807, 2.05) is 60.7 Å². The lowest BCUT2D eigenvalue weighted by atomic mass is 9.82. The van der Waals surface area contributed by atoms with E-state index in [2.05, 4.69) is 35.6 Å². The van der Waals surface area contributed by atoms with Crippen LogP contribution in [0.2, 0.25) is 0 Å². The topological polar surface area (TPSA) is 38.3 Å². The Labute approximate surface area is 190 Å². The number of ether oxygens (including phenoxy) is 1. The zero-order valence-electron chi connectivity index (χ0n) is 18.4. The van der Waals surface area contributed by atoms with Crippen molar-refractivity contribution in [3.05, 3.63) is 102 Å². The van der Waals surface area contributed by atoms with E-state index >= 15 is 0 Å². The van der Waals surface area contributed by atoms with E-state index in [0.29, 0.717) is 5.92 Å². The van der Waals surface area contributed by atoms with Crippen LogP contribution in [0.3, 0.4) is 0 Å². The number of esters is 1. The molecule has 0 amide bonds. The molecule has 2 bridgehead atoms. The highest BCUT2D eigenvalue weighted by atomic mass is 16.5. The number of piperidine rings is 3. The van der Waals surface area contributed by atoms with Gasteiger partial charge in [0.1, 0.15) is 13.1 Å². The van der Waals surface area contributed by atoms with E-state index in [1.54, 1.807) is 0 Å². The van der Waals surface area contributed by atoms with Gasteiger partial charge in [-0.3, -0.25) is 0 Å². The van der Waals surface area contributed by atoms with Crippen molar-refractivity contribution >= 4 is 11.7 Å². The molecule has 0 radical (unpaired) electrons. The van der Waals surface area contributed by atoms with Gasteiger partial charge in [0.05, 0.1) is 13.1 Å². The molecule has 4 heteroatoms. The van der Waals surface area contributed by atoms with Gasteiger partial charge in [-0.25, -0.2) is 4.79 Å². The monoisotopic (exact) mass is 427 g/mol. The van der Waals surface area contributed by atoms with Crippen LogP contribution in [0.25, 0.3) is 0 Å². The summed E-state index contributed by atoms with van der Waals surface area (Å²) in [5, 5.41) is 3.40. The molecule has 2 atom stereocenters. The van der Waals surface area contributed by atoms with Gasteiger partial charge in [0, 0.05) is 30.0 Å². The Morgan fingerprint density at radius 2 is 1.47 bits per heavy atom. The Bertz CT molecular complexity index is 1020. The van der Waals surface area contributed by atoms with Crippen molar-refractivity contribution in [2.24, 2.45) is 5.92 Å². The highest BCUT2D eigenvalue weighted by molar-refractivity contribution is 5.81. The van der Waals surface area contributed by atoms with Crippen LogP contribution in [0.5, 0.6) is 0 Å². The van der Waals surface area contributed by atoms with Crippen molar-refractivity contribution in [3.63, 3.8) is 0 Å². The molecule has 0 spiro atoms. The maximum atomic E-state index is 13.5. The summed E-state index contributed by atoms with van der Waals surface area (Å²) in [4.78, 5) is 13.5. The van der Waals surface area contributed by atoms with Crippen molar-refractivity contribution in [2.75, 3.05) is 25.0 Å². The lowest BCUT2D eigenvalue weighted by Crippen LogP contribution is -2.63. The van der Waals surface area contributed by atoms with Gasteiger partial charge in [-0.15, -0.1) is 0 Å². The smallest absolute Gasteiger partial charge is 0.333 e. The summed E-state index contributed by atoms with van der Waals surface area (Å²) in [5.41, 5.74) is 3.21. The Kier molecular flexibility index (Phi) is 5.95. The summed E-state index contributed by atoms with van der Waals surface area (Å²) in [5.74, 6) is 0.291. The van der Waals surface area contributed by atoms with Crippen LogP contribution >= 0.6 is 0 Å². The summed E-state index contributed by atoms with van der Waals surface area (Å²) in [6.45, 7) is 4.29. The number of para-hydroxylation sites is 1. The molecule has 3 fully saturated rings. The van der Waals surface area contributed by atoms with Gasteiger partial charge in [0.25, 0.3) is 0 Å². The summed E-state index contributed by atoms with van der Waals surface area (Å²) >= 11 is 0. The predicted molar refractivity (Wildman–Crippen MR) is 127 cm³/mol. The van der Waals surface area contributed by atoms with Gasteiger partial charge in [0.15, 0.2) is 12.1 Å². The Balaban J connectivity index is 1.33. The summed E-state index contributed by atoms with van der Waals surface area (Å²) < 4.78 is 7.29. The number of benzene rings is 3. The fraction of sp³-hybridized carbons (Fsp3) is 0.321. The Morgan fingerprint density at radius 1 is 0.875 bits per heavy atom. The van der Waals surface area contributed by atoms with Crippen molar-refractivity contribution in [1.29, 1.82) is 0 Å². The largest absolute Gasteiger partial charge is 0.454 e. The average Bonchev–Trinajstić information content (AvgIpc) is 2.85. The molecule has 1 unspecified atom stereocenters. The minimum Gasteiger partial charge on any atom is -0.454 e. The first-order valence-corrected chi connectivity index (χ1v) is 11.7. The van der Waals surface area contributed by atoms with Crippen LogP contribution < -0.4 is 5.32 Å². The lowest BCUT2D eigenvalue weighted by molar-refractivity contribution is -0.958. The number of carbonyl (C=O) groups excluding carboxylic acids is 1. The van der Waals surface area contributed by atoms with Crippen molar-refractivity contribution in [3.8, 4) is 0 Å². The van der Waals surface area contributed by atoms with Crippen molar-refractivity contribution in [2.45, 2.75) is 31.5 Å². The highest BCUT2D eigenvalue weighted by Crippen LogP contribution is 2.37. The number of rotatable bonds is 7. The van der Waals surface area contributed by atoms with Crippen LogP contribution in [0, 0.1) is 5.92 Å². The van der Waals surface area contributed by atoms with Gasteiger partial charge in [0.2, 0.25) is 0 Å². The first-order chi connectivity index (χ1) is 15.7. The van der Waals surface area contributed by atoms with Gasteiger partial charge in [-0.05, 0) is 17.7 Å². The SMILES string of the molecule is O=C(O[C@H]1C[N+]2(Cc3ccccc3)CCC1CC2)C(Nc1ccccc1)c1ccccc1. The van der Waals surface area contributed by atoms with E-state index in [4.69, 9.17) is 4.74 Å². The average molecular weight is 428 g/mol. The van der Waals surface area contributed by atoms with E-state index in [0.717, 1.165) is 41.7 Å². The second-order valence-corrected chi connectivity index (χ2v) is 9.28. The normalized spacial score (nSPS) is 25.1. The second-order valence-electron chi connectivity index (χ2n) is 9.28. The van der Waals surface area contributed by atoms with Gasteiger partial charge < -0.3 is 14.5 Å². The molecule has 0 aliphatic carbocycles. The number of nitrogens with zero attached hydrogens (tertiary/aromatic N) is 1. The van der Waals surface area contributed by atoms with Crippen LogP contribution in [0.1, 0.15) is 30.0 Å². The first-order valence-electron chi connectivity index (χ1n) is 11.7. The lowest BCUT2D eigenvalue weighted by Gasteiger charge is -2.52. The first kappa shape index (κ1) is 20.8. The summed E-state index contributed by atoms with van der Waals surface area (Å²) in [7, 11) is 0. The second kappa shape index (κ2) is 9.17. The minimum absolute atomic E-state index is 0.0162. The Morgan fingerprint density at radius 3 is 2.12 bits per heavy atom.